The molecule has 0 aromatic carbocycles. The molecule has 1 unspecified atom stereocenters. The molecule has 2 fully saturated rings. The highest BCUT2D eigenvalue weighted by atomic mass is 16.5. The maximum Gasteiger partial charge on any atom is 0.409 e. The number of ether oxygens (including phenoxy) is 1. The van der Waals surface area contributed by atoms with Gasteiger partial charge in [0.15, 0.2) is 0 Å². The zero-order valence-corrected chi connectivity index (χ0v) is 9.95. The van der Waals surface area contributed by atoms with E-state index in [4.69, 9.17) is 4.74 Å². The fourth-order valence-corrected chi connectivity index (χ4v) is 3.07. The van der Waals surface area contributed by atoms with Gasteiger partial charge in [-0.05, 0) is 24.7 Å². The van der Waals surface area contributed by atoms with Gasteiger partial charge in [0, 0.05) is 18.5 Å². The van der Waals surface area contributed by atoms with Crippen LogP contribution in [-0.2, 0) is 4.74 Å². The third-order valence-corrected chi connectivity index (χ3v) is 4.32. The van der Waals surface area contributed by atoms with E-state index < -0.39 is 0 Å². The van der Waals surface area contributed by atoms with Gasteiger partial charge >= 0.3 is 6.09 Å². The molecule has 1 saturated carbocycles. The number of carbonyl (C=O) groups is 1. The van der Waals surface area contributed by atoms with Gasteiger partial charge in [-0.2, -0.15) is 0 Å². The van der Waals surface area contributed by atoms with Crippen molar-refractivity contribution in [2.24, 2.45) is 17.3 Å². The van der Waals surface area contributed by atoms with Crippen molar-refractivity contribution in [1.29, 1.82) is 0 Å². The summed E-state index contributed by atoms with van der Waals surface area (Å²) in [6, 6.07) is 0. The van der Waals surface area contributed by atoms with Crippen molar-refractivity contribution in [3.05, 3.63) is 0 Å². The minimum absolute atomic E-state index is 0.160. The molecule has 1 aliphatic heterocycles. The summed E-state index contributed by atoms with van der Waals surface area (Å²) in [4.78, 5) is 13.0. The number of rotatable bonds is 2. The molecule has 3 nitrogen and oxygen atoms in total. The molecular weight excluding hydrogens is 190 g/mol. The van der Waals surface area contributed by atoms with Gasteiger partial charge in [0.1, 0.15) is 0 Å². The lowest BCUT2D eigenvalue weighted by Crippen LogP contribution is -2.64. The molecule has 1 heterocycles. The quantitative estimate of drug-likeness (QED) is 0.702. The normalized spacial score (nSPS) is 25.7. The van der Waals surface area contributed by atoms with Crippen LogP contribution in [0.3, 0.4) is 0 Å². The van der Waals surface area contributed by atoms with E-state index in [1.54, 1.807) is 0 Å². The summed E-state index contributed by atoms with van der Waals surface area (Å²) in [5.41, 5.74) is 0.474. The Kier molecular flexibility index (Phi) is 2.65. The summed E-state index contributed by atoms with van der Waals surface area (Å²) in [7, 11) is 1.45. The Hall–Kier alpha value is -0.730. The number of hydrogen-bond acceptors (Lipinski definition) is 2. The summed E-state index contributed by atoms with van der Waals surface area (Å²) in [5.74, 6) is 1.75. The van der Waals surface area contributed by atoms with Crippen LogP contribution in [0.25, 0.3) is 0 Å². The van der Waals surface area contributed by atoms with E-state index >= 15 is 0 Å². The standard InChI is InChI=1S/C12H21NO2/c1-4-9(2)10-5-12(6-10)7-13(8-12)11(14)15-3/h9-10H,4-8H2,1-3H3. The minimum atomic E-state index is -0.160. The highest BCUT2D eigenvalue weighted by Gasteiger charge is 2.54. The van der Waals surface area contributed by atoms with E-state index in [1.165, 1.54) is 26.4 Å². The average Bonchev–Trinajstić information content (AvgIpc) is 2.12. The molecule has 15 heavy (non-hydrogen) atoms. The summed E-state index contributed by atoms with van der Waals surface area (Å²) in [6.45, 7) is 6.45. The van der Waals surface area contributed by atoms with Crippen molar-refractivity contribution >= 4 is 6.09 Å². The Labute approximate surface area is 91.8 Å². The van der Waals surface area contributed by atoms with Crippen molar-refractivity contribution in [3.63, 3.8) is 0 Å². The summed E-state index contributed by atoms with van der Waals surface area (Å²) in [5, 5.41) is 0. The Bertz CT molecular complexity index is 250. The van der Waals surface area contributed by atoms with Crippen molar-refractivity contribution in [2.45, 2.75) is 33.1 Å². The molecule has 1 spiro atoms. The molecule has 3 heteroatoms. The van der Waals surface area contributed by atoms with Gasteiger partial charge in [-0.25, -0.2) is 4.79 Å². The van der Waals surface area contributed by atoms with Crippen molar-refractivity contribution < 1.29 is 9.53 Å². The van der Waals surface area contributed by atoms with Gasteiger partial charge < -0.3 is 9.64 Å². The molecule has 1 aliphatic carbocycles. The first-order valence-electron chi connectivity index (χ1n) is 5.93. The second kappa shape index (κ2) is 3.69. The first kappa shape index (κ1) is 10.8. The summed E-state index contributed by atoms with van der Waals surface area (Å²) >= 11 is 0. The Morgan fingerprint density at radius 3 is 2.60 bits per heavy atom. The summed E-state index contributed by atoms with van der Waals surface area (Å²) in [6.07, 6.45) is 3.75. The summed E-state index contributed by atoms with van der Waals surface area (Å²) < 4.78 is 4.70. The molecule has 2 aliphatic rings. The number of carbonyl (C=O) groups excluding carboxylic acids is 1. The van der Waals surface area contributed by atoms with Crippen LogP contribution in [0.15, 0.2) is 0 Å². The number of amides is 1. The minimum Gasteiger partial charge on any atom is -0.453 e. The van der Waals surface area contributed by atoms with Gasteiger partial charge in [0.25, 0.3) is 0 Å². The maximum absolute atomic E-state index is 11.2. The lowest BCUT2D eigenvalue weighted by Gasteiger charge is -2.59. The fraction of sp³-hybridized carbons (Fsp3) is 0.917. The van der Waals surface area contributed by atoms with Crippen molar-refractivity contribution in [3.8, 4) is 0 Å². The van der Waals surface area contributed by atoms with E-state index in [-0.39, 0.29) is 6.09 Å². The monoisotopic (exact) mass is 211 g/mol. The Balaban J connectivity index is 1.75. The van der Waals surface area contributed by atoms with Gasteiger partial charge in [0.2, 0.25) is 0 Å². The molecule has 1 saturated heterocycles. The third-order valence-electron chi connectivity index (χ3n) is 4.32. The Morgan fingerprint density at radius 2 is 2.13 bits per heavy atom. The molecule has 86 valence electrons. The number of methoxy groups -OCH3 is 1. The predicted octanol–water partition coefficient (Wildman–Crippen LogP) is 2.51. The zero-order chi connectivity index (χ0) is 11.1. The molecule has 1 amide bonds. The van der Waals surface area contributed by atoms with Gasteiger partial charge in [-0.3, -0.25) is 0 Å². The van der Waals surface area contributed by atoms with Crippen molar-refractivity contribution in [2.75, 3.05) is 20.2 Å². The molecule has 0 aromatic rings. The van der Waals surface area contributed by atoms with Crippen LogP contribution in [0.2, 0.25) is 0 Å². The lowest BCUT2D eigenvalue weighted by atomic mass is 9.54. The number of likely N-dealkylation sites (tertiary alicyclic amines) is 1. The van der Waals surface area contributed by atoms with E-state index in [9.17, 15) is 4.79 Å². The van der Waals surface area contributed by atoms with Gasteiger partial charge in [-0.15, -0.1) is 0 Å². The first-order valence-corrected chi connectivity index (χ1v) is 5.93. The largest absolute Gasteiger partial charge is 0.453 e. The molecular formula is C12H21NO2. The molecule has 0 radical (unpaired) electrons. The zero-order valence-electron chi connectivity index (χ0n) is 9.95. The average molecular weight is 211 g/mol. The van der Waals surface area contributed by atoms with Crippen LogP contribution in [0, 0.1) is 17.3 Å². The Morgan fingerprint density at radius 1 is 1.53 bits per heavy atom. The number of hydrogen-bond donors (Lipinski definition) is 0. The second-order valence-electron chi connectivity index (χ2n) is 5.38. The second-order valence-corrected chi connectivity index (χ2v) is 5.38. The van der Waals surface area contributed by atoms with Crippen LogP contribution in [-0.4, -0.2) is 31.2 Å². The smallest absolute Gasteiger partial charge is 0.409 e. The lowest BCUT2D eigenvalue weighted by molar-refractivity contribution is -0.0961. The first-order chi connectivity index (χ1) is 7.10. The van der Waals surface area contributed by atoms with Crippen LogP contribution in [0.5, 0.6) is 0 Å². The van der Waals surface area contributed by atoms with Gasteiger partial charge in [0.05, 0.1) is 7.11 Å². The van der Waals surface area contributed by atoms with Crippen LogP contribution in [0.4, 0.5) is 4.79 Å². The molecule has 0 aromatic heterocycles. The van der Waals surface area contributed by atoms with Crippen molar-refractivity contribution in [1.82, 2.24) is 4.90 Å². The molecule has 2 rings (SSSR count). The molecule has 0 bridgehead atoms. The molecule has 1 atom stereocenters. The predicted molar refractivity (Wildman–Crippen MR) is 58.6 cm³/mol. The van der Waals surface area contributed by atoms with Gasteiger partial charge in [-0.1, -0.05) is 20.3 Å². The van der Waals surface area contributed by atoms with E-state index in [0.717, 1.165) is 24.9 Å². The number of nitrogens with zero attached hydrogens (tertiary/aromatic N) is 1. The third kappa shape index (κ3) is 1.72. The molecule has 0 N–H and O–H groups in total. The SMILES string of the molecule is CCC(C)C1CC2(C1)CN(C(=O)OC)C2. The van der Waals surface area contributed by atoms with E-state index in [2.05, 4.69) is 13.8 Å². The highest BCUT2D eigenvalue weighted by Crippen LogP contribution is 2.54. The van der Waals surface area contributed by atoms with Crippen LogP contribution >= 0.6 is 0 Å². The van der Waals surface area contributed by atoms with Crippen LogP contribution in [0.1, 0.15) is 33.1 Å². The van der Waals surface area contributed by atoms with E-state index in [1.807, 2.05) is 4.90 Å². The maximum atomic E-state index is 11.2. The topological polar surface area (TPSA) is 29.5 Å². The highest BCUT2D eigenvalue weighted by molar-refractivity contribution is 5.68. The fourth-order valence-electron chi connectivity index (χ4n) is 3.07. The van der Waals surface area contributed by atoms with Crippen LogP contribution < -0.4 is 0 Å². The van der Waals surface area contributed by atoms with E-state index in [0.29, 0.717) is 5.41 Å².